The number of hydrogen-bond donors (Lipinski definition) is 3. The molecule has 1 amide bonds. The van der Waals surface area contributed by atoms with Crippen molar-refractivity contribution >= 4 is 22.9 Å². The van der Waals surface area contributed by atoms with E-state index in [1.807, 2.05) is 30.3 Å². The summed E-state index contributed by atoms with van der Waals surface area (Å²) in [5.41, 5.74) is 3.31. The molecule has 114 valence electrons. The Balaban J connectivity index is 1.82. The van der Waals surface area contributed by atoms with E-state index in [4.69, 9.17) is 0 Å². The Morgan fingerprint density at radius 3 is 2.48 bits per heavy atom. The third kappa shape index (κ3) is 3.13. The molecule has 3 N–H and O–H groups in total. The molecule has 5 nitrogen and oxygen atoms in total. The highest BCUT2D eigenvalue weighted by atomic mass is 16.3. The first-order valence-electron chi connectivity index (χ1n) is 6.98. The van der Waals surface area contributed by atoms with E-state index in [1.165, 1.54) is 30.5 Å². The second-order valence-corrected chi connectivity index (χ2v) is 4.97. The van der Waals surface area contributed by atoms with Gasteiger partial charge in [-0.3, -0.25) is 4.79 Å². The Hall–Kier alpha value is -3.34. The van der Waals surface area contributed by atoms with Crippen LogP contribution in [0.1, 0.15) is 15.9 Å². The fourth-order valence-corrected chi connectivity index (χ4v) is 2.25. The van der Waals surface area contributed by atoms with Crippen molar-refractivity contribution in [2.24, 2.45) is 5.10 Å². The summed E-state index contributed by atoms with van der Waals surface area (Å²) in [6, 6.07) is 16.8. The topological polar surface area (TPSA) is 81.9 Å². The number of phenolic OH excluding ortho intramolecular Hbond substituents is 2. The number of benzene rings is 3. The molecule has 5 heteroatoms. The van der Waals surface area contributed by atoms with Gasteiger partial charge < -0.3 is 10.2 Å². The van der Waals surface area contributed by atoms with Gasteiger partial charge >= 0.3 is 0 Å². The first-order chi connectivity index (χ1) is 11.1. The van der Waals surface area contributed by atoms with E-state index in [9.17, 15) is 15.0 Å². The molecule has 0 fully saturated rings. The Morgan fingerprint density at radius 1 is 0.957 bits per heavy atom. The van der Waals surface area contributed by atoms with Crippen molar-refractivity contribution in [3.05, 3.63) is 71.8 Å². The lowest BCUT2D eigenvalue weighted by atomic mass is 10.0. The lowest BCUT2D eigenvalue weighted by Crippen LogP contribution is -2.17. The van der Waals surface area contributed by atoms with Gasteiger partial charge in [0, 0.05) is 11.1 Å². The predicted molar refractivity (Wildman–Crippen MR) is 88.8 cm³/mol. The molecule has 0 aliphatic carbocycles. The van der Waals surface area contributed by atoms with Gasteiger partial charge in [-0.15, -0.1) is 0 Å². The summed E-state index contributed by atoms with van der Waals surface area (Å²) < 4.78 is 0. The van der Waals surface area contributed by atoms with Gasteiger partial charge in [0.15, 0.2) is 0 Å². The van der Waals surface area contributed by atoms with E-state index in [1.54, 1.807) is 6.07 Å². The summed E-state index contributed by atoms with van der Waals surface area (Å²) in [4.78, 5) is 11.9. The van der Waals surface area contributed by atoms with Gasteiger partial charge in [0.05, 0.1) is 6.21 Å². The van der Waals surface area contributed by atoms with Gasteiger partial charge in [-0.25, -0.2) is 5.43 Å². The molecule has 0 heterocycles. The monoisotopic (exact) mass is 306 g/mol. The summed E-state index contributed by atoms with van der Waals surface area (Å²) in [5.74, 6) is -0.224. The second kappa shape index (κ2) is 6.19. The number of hydrazone groups is 1. The molecule has 0 aromatic heterocycles. The van der Waals surface area contributed by atoms with Gasteiger partial charge in [-0.2, -0.15) is 5.10 Å². The van der Waals surface area contributed by atoms with E-state index < -0.39 is 5.91 Å². The van der Waals surface area contributed by atoms with E-state index in [-0.39, 0.29) is 11.5 Å². The van der Waals surface area contributed by atoms with E-state index in [2.05, 4.69) is 10.5 Å². The van der Waals surface area contributed by atoms with Gasteiger partial charge in [0.25, 0.3) is 5.91 Å². The third-order valence-corrected chi connectivity index (χ3v) is 3.44. The van der Waals surface area contributed by atoms with Crippen LogP contribution in [0, 0.1) is 0 Å². The summed E-state index contributed by atoms with van der Waals surface area (Å²) >= 11 is 0. The minimum Gasteiger partial charge on any atom is -0.508 e. The minimum atomic E-state index is -0.402. The van der Waals surface area contributed by atoms with Crippen LogP contribution in [0.3, 0.4) is 0 Å². The molecule has 0 unspecified atom stereocenters. The quantitative estimate of drug-likeness (QED) is 0.514. The second-order valence-electron chi connectivity index (χ2n) is 4.97. The number of amides is 1. The predicted octanol–water partition coefficient (Wildman–Crippen LogP) is 3.01. The number of carbonyl (C=O) groups excluding carboxylic acids is 1. The smallest absolute Gasteiger partial charge is 0.271 e. The van der Waals surface area contributed by atoms with Crippen LogP contribution in [-0.4, -0.2) is 22.3 Å². The van der Waals surface area contributed by atoms with E-state index in [0.717, 1.165) is 10.8 Å². The van der Waals surface area contributed by atoms with Crippen molar-refractivity contribution in [3.8, 4) is 11.5 Å². The number of nitrogens with zero attached hydrogens (tertiary/aromatic N) is 1. The fourth-order valence-electron chi connectivity index (χ4n) is 2.25. The molecule has 0 radical (unpaired) electrons. The highest BCUT2D eigenvalue weighted by molar-refractivity contribution is 6.03. The molecule has 0 atom stereocenters. The molecule has 23 heavy (non-hydrogen) atoms. The average molecular weight is 306 g/mol. The van der Waals surface area contributed by atoms with Crippen LogP contribution >= 0.6 is 0 Å². The number of carbonyl (C=O) groups is 1. The van der Waals surface area contributed by atoms with Gasteiger partial charge in [0.1, 0.15) is 11.5 Å². The van der Waals surface area contributed by atoms with E-state index >= 15 is 0 Å². The van der Waals surface area contributed by atoms with Gasteiger partial charge in [0.2, 0.25) is 0 Å². The first kappa shape index (κ1) is 14.6. The maximum absolute atomic E-state index is 11.9. The molecule has 0 aliphatic heterocycles. The van der Waals surface area contributed by atoms with Crippen molar-refractivity contribution in [2.45, 2.75) is 0 Å². The number of phenols is 2. The number of rotatable bonds is 3. The third-order valence-electron chi connectivity index (χ3n) is 3.44. The van der Waals surface area contributed by atoms with Crippen LogP contribution in [0.4, 0.5) is 0 Å². The minimum absolute atomic E-state index is 0.0886. The van der Waals surface area contributed by atoms with Crippen LogP contribution in [0.25, 0.3) is 10.8 Å². The molecule has 3 rings (SSSR count). The largest absolute Gasteiger partial charge is 0.508 e. The van der Waals surface area contributed by atoms with Crippen molar-refractivity contribution in [2.75, 3.05) is 0 Å². The van der Waals surface area contributed by atoms with Crippen molar-refractivity contribution in [1.29, 1.82) is 0 Å². The Bertz CT molecular complexity index is 886. The molecule has 3 aromatic rings. The SMILES string of the molecule is O=C(N/N=C\c1c(O)ccc2ccccc12)c1ccc(O)cc1. The molecule has 3 aromatic carbocycles. The molecular formula is C18H14N2O3. The highest BCUT2D eigenvalue weighted by Crippen LogP contribution is 2.25. The zero-order valence-electron chi connectivity index (χ0n) is 12.1. The van der Waals surface area contributed by atoms with Crippen LogP contribution < -0.4 is 5.43 Å². The maximum Gasteiger partial charge on any atom is 0.271 e. The summed E-state index contributed by atoms with van der Waals surface area (Å²) in [6.07, 6.45) is 1.41. The lowest BCUT2D eigenvalue weighted by Gasteiger charge is -2.05. The zero-order chi connectivity index (χ0) is 16.2. The molecule has 0 saturated carbocycles. The Kier molecular flexibility index (Phi) is 3.93. The number of nitrogens with one attached hydrogen (secondary N) is 1. The highest BCUT2D eigenvalue weighted by Gasteiger charge is 2.06. The number of hydrogen-bond acceptors (Lipinski definition) is 4. The van der Waals surface area contributed by atoms with Gasteiger partial charge in [-0.1, -0.05) is 30.3 Å². The zero-order valence-corrected chi connectivity index (χ0v) is 12.1. The molecule has 0 aliphatic rings. The summed E-state index contributed by atoms with van der Waals surface area (Å²) in [6.45, 7) is 0. The standard InChI is InChI=1S/C18H14N2O3/c21-14-8-5-13(6-9-14)18(23)20-19-11-16-15-4-2-1-3-12(15)7-10-17(16)22/h1-11,21-22H,(H,20,23)/b19-11-. The maximum atomic E-state index is 11.9. The van der Waals surface area contributed by atoms with Crippen molar-refractivity contribution in [1.82, 2.24) is 5.43 Å². The number of fused-ring (bicyclic) bond motifs is 1. The number of aromatic hydroxyl groups is 2. The fraction of sp³-hybridized carbons (Fsp3) is 0. The van der Waals surface area contributed by atoms with Crippen molar-refractivity contribution < 1.29 is 15.0 Å². The summed E-state index contributed by atoms with van der Waals surface area (Å²) in [5, 5.41) is 24.9. The average Bonchev–Trinajstić information content (AvgIpc) is 2.57. The normalized spacial score (nSPS) is 11.0. The van der Waals surface area contributed by atoms with Crippen LogP contribution in [0.15, 0.2) is 65.8 Å². The van der Waals surface area contributed by atoms with Crippen LogP contribution in [0.2, 0.25) is 0 Å². The molecule has 0 bridgehead atoms. The molecule has 0 spiro atoms. The summed E-state index contributed by atoms with van der Waals surface area (Å²) in [7, 11) is 0. The van der Waals surface area contributed by atoms with Gasteiger partial charge in [-0.05, 0) is 41.1 Å². The van der Waals surface area contributed by atoms with Crippen LogP contribution in [0.5, 0.6) is 11.5 Å². The van der Waals surface area contributed by atoms with Crippen molar-refractivity contribution in [3.63, 3.8) is 0 Å². The lowest BCUT2D eigenvalue weighted by molar-refractivity contribution is 0.0955. The first-order valence-corrected chi connectivity index (χ1v) is 6.98. The Labute approximate surface area is 132 Å². The van der Waals surface area contributed by atoms with E-state index in [0.29, 0.717) is 11.1 Å². The van der Waals surface area contributed by atoms with Crippen LogP contribution in [-0.2, 0) is 0 Å². The molecular weight excluding hydrogens is 292 g/mol. The Morgan fingerprint density at radius 2 is 1.70 bits per heavy atom. The molecule has 0 saturated heterocycles.